The third kappa shape index (κ3) is 3.67. The molecule has 0 radical (unpaired) electrons. The first-order valence-electron chi connectivity index (χ1n) is 6.94. The lowest BCUT2D eigenvalue weighted by Crippen LogP contribution is -2.33. The van der Waals surface area contributed by atoms with E-state index in [1.807, 2.05) is 37.0 Å². The van der Waals surface area contributed by atoms with E-state index in [0.29, 0.717) is 17.7 Å². The van der Waals surface area contributed by atoms with Gasteiger partial charge in [-0.25, -0.2) is 4.39 Å². The van der Waals surface area contributed by atoms with E-state index in [1.54, 1.807) is 12.1 Å². The van der Waals surface area contributed by atoms with E-state index in [4.69, 9.17) is 5.26 Å². The number of nitriles is 1. The van der Waals surface area contributed by atoms with Gasteiger partial charge in [0.2, 0.25) is 0 Å². The number of benzene rings is 1. The molecular formula is C16H19FN4. The Morgan fingerprint density at radius 2 is 2.19 bits per heavy atom. The summed E-state index contributed by atoms with van der Waals surface area (Å²) in [5, 5.41) is 16.3. The summed E-state index contributed by atoms with van der Waals surface area (Å²) in [6.45, 7) is 6.53. The Hall–Kier alpha value is -2.19. The molecule has 2 rings (SSSR count). The van der Waals surface area contributed by atoms with Crippen molar-refractivity contribution in [2.75, 3.05) is 0 Å². The van der Waals surface area contributed by atoms with Gasteiger partial charge in [0.15, 0.2) is 0 Å². The Balaban J connectivity index is 1.98. The molecular weight excluding hydrogens is 267 g/mol. The Morgan fingerprint density at radius 3 is 2.76 bits per heavy atom. The molecule has 110 valence electrons. The molecule has 21 heavy (non-hydrogen) atoms. The van der Waals surface area contributed by atoms with E-state index in [-0.39, 0.29) is 17.9 Å². The molecule has 2 aromatic rings. The summed E-state index contributed by atoms with van der Waals surface area (Å²) in [6.07, 6.45) is 3.81. The van der Waals surface area contributed by atoms with Crippen LogP contribution in [0.2, 0.25) is 0 Å². The van der Waals surface area contributed by atoms with E-state index in [2.05, 4.69) is 17.3 Å². The second kappa shape index (κ2) is 6.51. The minimum absolute atomic E-state index is 0.138. The minimum atomic E-state index is -0.351. The van der Waals surface area contributed by atoms with Crippen molar-refractivity contribution in [3.63, 3.8) is 0 Å². The van der Waals surface area contributed by atoms with Gasteiger partial charge in [0, 0.05) is 24.3 Å². The Morgan fingerprint density at radius 1 is 1.43 bits per heavy atom. The second-order valence-electron chi connectivity index (χ2n) is 5.33. The Bertz CT molecular complexity index is 657. The summed E-state index contributed by atoms with van der Waals surface area (Å²) < 4.78 is 15.7. The SMILES string of the molecule is Cc1cnn([C@H](C)[C@@H](C)NCc2ccc(C#N)cc2F)c1. The summed E-state index contributed by atoms with van der Waals surface area (Å²) in [5.41, 5.74) is 2.02. The van der Waals surface area contributed by atoms with E-state index in [9.17, 15) is 4.39 Å². The van der Waals surface area contributed by atoms with E-state index >= 15 is 0 Å². The van der Waals surface area contributed by atoms with Crippen LogP contribution in [0.25, 0.3) is 0 Å². The minimum Gasteiger partial charge on any atom is -0.308 e. The molecule has 0 spiro atoms. The van der Waals surface area contributed by atoms with Crippen LogP contribution >= 0.6 is 0 Å². The smallest absolute Gasteiger partial charge is 0.129 e. The van der Waals surface area contributed by atoms with E-state index in [1.165, 1.54) is 6.07 Å². The van der Waals surface area contributed by atoms with Crippen molar-refractivity contribution in [3.8, 4) is 6.07 Å². The number of hydrogen-bond donors (Lipinski definition) is 1. The highest BCUT2D eigenvalue weighted by Crippen LogP contribution is 2.13. The molecule has 0 fully saturated rings. The molecule has 0 aliphatic rings. The fourth-order valence-corrected chi connectivity index (χ4v) is 2.09. The number of rotatable bonds is 5. The number of nitrogens with one attached hydrogen (secondary N) is 1. The molecule has 1 heterocycles. The van der Waals surface area contributed by atoms with Crippen LogP contribution in [-0.2, 0) is 6.54 Å². The number of hydrogen-bond acceptors (Lipinski definition) is 3. The maximum absolute atomic E-state index is 13.8. The molecule has 5 heteroatoms. The highest BCUT2D eigenvalue weighted by Gasteiger charge is 2.15. The fourth-order valence-electron chi connectivity index (χ4n) is 2.09. The van der Waals surface area contributed by atoms with Crippen LogP contribution in [0.3, 0.4) is 0 Å². The average Bonchev–Trinajstić information content (AvgIpc) is 2.91. The van der Waals surface area contributed by atoms with Crippen LogP contribution in [0.1, 0.15) is 36.6 Å². The zero-order valence-corrected chi connectivity index (χ0v) is 12.5. The van der Waals surface area contributed by atoms with Crippen LogP contribution in [0, 0.1) is 24.1 Å². The third-order valence-corrected chi connectivity index (χ3v) is 3.67. The van der Waals surface area contributed by atoms with E-state index in [0.717, 1.165) is 5.56 Å². The summed E-state index contributed by atoms with van der Waals surface area (Å²) >= 11 is 0. The lowest BCUT2D eigenvalue weighted by Gasteiger charge is -2.22. The molecule has 0 saturated carbocycles. The highest BCUT2D eigenvalue weighted by molar-refractivity contribution is 5.32. The summed E-state index contributed by atoms with van der Waals surface area (Å²) in [7, 11) is 0. The number of halogens is 1. The van der Waals surface area contributed by atoms with E-state index < -0.39 is 0 Å². The molecule has 0 unspecified atom stereocenters. The van der Waals surface area contributed by atoms with Crippen LogP contribution in [0.15, 0.2) is 30.6 Å². The lowest BCUT2D eigenvalue weighted by molar-refractivity contribution is 0.363. The average molecular weight is 286 g/mol. The monoisotopic (exact) mass is 286 g/mol. The van der Waals surface area contributed by atoms with Crippen LogP contribution in [0.4, 0.5) is 4.39 Å². The zero-order valence-electron chi connectivity index (χ0n) is 12.5. The predicted octanol–water partition coefficient (Wildman–Crippen LogP) is 2.94. The van der Waals surface area contributed by atoms with Gasteiger partial charge in [-0.05, 0) is 38.5 Å². The Labute approximate surface area is 124 Å². The fraction of sp³-hybridized carbons (Fsp3) is 0.375. The largest absolute Gasteiger partial charge is 0.308 e. The molecule has 0 aliphatic carbocycles. The van der Waals surface area contributed by atoms with Gasteiger partial charge >= 0.3 is 0 Å². The highest BCUT2D eigenvalue weighted by atomic mass is 19.1. The maximum atomic E-state index is 13.8. The van der Waals surface area contributed by atoms with Crippen molar-refractivity contribution in [1.29, 1.82) is 5.26 Å². The van der Waals surface area contributed by atoms with Crippen LogP contribution in [-0.4, -0.2) is 15.8 Å². The van der Waals surface area contributed by atoms with Crippen molar-refractivity contribution in [3.05, 3.63) is 53.1 Å². The number of aromatic nitrogens is 2. The molecule has 0 saturated heterocycles. The molecule has 4 nitrogen and oxygen atoms in total. The van der Waals surface area contributed by atoms with Gasteiger partial charge in [-0.1, -0.05) is 6.07 Å². The van der Waals surface area contributed by atoms with Crippen molar-refractivity contribution in [2.24, 2.45) is 0 Å². The van der Waals surface area contributed by atoms with Crippen molar-refractivity contribution in [1.82, 2.24) is 15.1 Å². The molecule has 0 aliphatic heterocycles. The summed E-state index contributed by atoms with van der Waals surface area (Å²) in [5.74, 6) is -0.351. The first kappa shape index (κ1) is 15.2. The lowest BCUT2D eigenvalue weighted by atomic mass is 10.1. The molecule has 1 aromatic carbocycles. The molecule has 1 aromatic heterocycles. The van der Waals surface area contributed by atoms with Gasteiger partial charge in [0.25, 0.3) is 0 Å². The van der Waals surface area contributed by atoms with Gasteiger partial charge < -0.3 is 5.32 Å². The number of nitrogens with zero attached hydrogens (tertiary/aromatic N) is 3. The predicted molar refractivity (Wildman–Crippen MR) is 79.1 cm³/mol. The molecule has 1 N–H and O–H groups in total. The molecule has 0 amide bonds. The van der Waals surface area contributed by atoms with Crippen molar-refractivity contribution >= 4 is 0 Å². The van der Waals surface area contributed by atoms with Gasteiger partial charge in [-0.3, -0.25) is 4.68 Å². The summed E-state index contributed by atoms with van der Waals surface area (Å²) in [6, 6.07) is 6.78. The van der Waals surface area contributed by atoms with Gasteiger partial charge in [-0.2, -0.15) is 10.4 Å². The zero-order chi connectivity index (χ0) is 15.4. The third-order valence-electron chi connectivity index (χ3n) is 3.67. The van der Waals surface area contributed by atoms with Gasteiger partial charge in [0.05, 0.1) is 23.9 Å². The first-order chi connectivity index (χ1) is 10.0. The Kier molecular flexibility index (Phi) is 4.71. The number of aryl methyl sites for hydroxylation is 1. The first-order valence-corrected chi connectivity index (χ1v) is 6.94. The second-order valence-corrected chi connectivity index (χ2v) is 5.33. The van der Waals surface area contributed by atoms with Crippen molar-refractivity contribution < 1.29 is 4.39 Å². The molecule has 0 bridgehead atoms. The van der Waals surface area contributed by atoms with Gasteiger partial charge in [0.1, 0.15) is 5.82 Å². The normalized spacial score (nSPS) is 13.7. The topological polar surface area (TPSA) is 53.6 Å². The maximum Gasteiger partial charge on any atom is 0.129 e. The quantitative estimate of drug-likeness (QED) is 0.919. The van der Waals surface area contributed by atoms with Crippen LogP contribution < -0.4 is 5.32 Å². The standard InChI is InChI=1S/C16H19FN4/c1-11-8-20-21(10-11)13(3)12(2)19-9-15-5-4-14(7-18)6-16(15)17/h4-6,8,10,12-13,19H,9H2,1-3H3/t12-,13-/m1/s1. The van der Waals surface area contributed by atoms with Crippen LogP contribution in [0.5, 0.6) is 0 Å². The van der Waals surface area contributed by atoms with Crippen molar-refractivity contribution in [2.45, 2.75) is 39.4 Å². The van der Waals surface area contributed by atoms with Gasteiger partial charge in [-0.15, -0.1) is 0 Å². The molecule has 2 atom stereocenters. The summed E-state index contributed by atoms with van der Waals surface area (Å²) in [4.78, 5) is 0.